The minimum atomic E-state index is -3.58. The summed E-state index contributed by atoms with van der Waals surface area (Å²) >= 11 is 0. The normalized spacial score (nSPS) is 10.6. The average molecular weight is 492 g/mol. The van der Waals surface area contributed by atoms with Crippen LogP contribution in [-0.2, 0) is 19.1 Å². The number of unbranched alkanes of at least 4 members (excludes halogenated alkanes) is 14. The Labute approximate surface area is 225 Å². The van der Waals surface area contributed by atoms with Gasteiger partial charge in [-0.15, -0.1) is 0 Å². The summed E-state index contributed by atoms with van der Waals surface area (Å²) in [5.41, 5.74) is 4.53. The summed E-state index contributed by atoms with van der Waals surface area (Å²) in [5.74, 6) is -0.481. The van der Waals surface area contributed by atoms with Crippen molar-refractivity contribution in [2.24, 2.45) is 5.73 Å². The molecule has 0 fully saturated rings. The molecule has 1 amide bonds. The van der Waals surface area contributed by atoms with Crippen LogP contribution in [0.5, 0.6) is 0 Å². The molecule has 0 aliphatic rings. The van der Waals surface area contributed by atoms with Gasteiger partial charge in [0.2, 0.25) is 5.91 Å². The van der Waals surface area contributed by atoms with Gasteiger partial charge in [0.15, 0.2) is 0 Å². The number of amides is 1. The third kappa shape index (κ3) is 22.9. The number of rotatable bonds is 19. The number of hydrogen-bond donors (Lipinski definition) is 1. The number of carbonyl (C=O) groups is 1. The van der Waals surface area contributed by atoms with Crippen molar-refractivity contribution in [1.82, 2.24) is 0 Å². The van der Waals surface area contributed by atoms with Gasteiger partial charge in [0.25, 0.3) is 10.1 Å². The molecule has 1 aromatic rings. The quantitative estimate of drug-likeness (QED) is 0.107. The zero-order valence-electron chi connectivity index (χ0n) is 20.1. The van der Waals surface area contributed by atoms with E-state index in [0.29, 0.717) is 0 Å². The van der Waals surface area contributed by atoms with E-state index in [0.717, 1.165) is 18.9 Å². The Bertz CT molecular complexity index is 681. The first kappa shape index (κ1) is 34.5. The molecule has 0 aliphatic heterocycles. The van der Waals surface area contributed by atoms with Crippen molar-refractivity contribution in [3.05, 3.63) is 43.0 Å². The molecular formula is C26H46NNaO4S. The van der Waals surface area contributed by atoms with Gasteiger partial charge < -0.3 is 5.73 Å². The first-order chi connectivity index (χ1) is 15.4. The molecule has 7 heteroatoms. The topological polar surface area (TPSA) is 86.5 Å². The Morgan fingerprint density at radius 3 is 1.55 bits per heavy atom. The third-order valence-electron chi connectivity index (χ3n) is 5.22. The van der Waals surface area contributed by atoms with E-state index in [2.05, 4.69) is 19.2 Å². The van der Waals surface area contributed by atoms with Crippen LogP contribution in [0.4, 0.5) is 0 Å². The van der Waals surface area contributed by atoms with E-state index in [1.54, 1.807) is 30.3 Å². The maximum atomic E-state index is 12.0. The molecular weight excluding hydrogens is 445 g/mol. The third-order valence-corrected chi connectivity index (χ3v) is 6.55. The van der Waals surface area contributed by atoms with Crippen LogP contribution in [0, 0.1) is 0 Å². The fourth-order valence-corrected chi connectivity index (χ4v) is 4.26. The van der Waals surface area contributed by atoms with Crippen molar-refractivity contribution in [2.45, 2.75) is 108 Å². The summed E-state index contributed by atoms with van der Waals surface area (Å²) in [7, 11) is -3.58. The summed E-state index contributed by atoms with van der Waals surface area (Å²) in [6.07, 6.45) is 20.5. The molecule has 0 heterocycles. The Balaban J connectivity index is 0. The number of primary amides is 1. The van der Waals surface area contributed by atoms with Crippen LogP contribution in [0.15, 0.2) is 47.9 Å². The van der Waals surface area contributed by atoms with Crippen molar-refractivity contribution in [3.63, 3.8) is 0 Å². The van der Waals surface area contributed by atoms with Gasteiger partial charge in [0, 0.05) is 0 Å². The van der Waals surface area contributed by atoms with Gasteiger partial charge in [0.05, 0.1) is 11.5 Å². The van der Waals surface area contributed by atoms with Crippen LogP contribution < -0.4 is 5.73 Å². The van der Waals surface area contributed by atoms with Gasteiger partial charge in [0.1, 0.15) is 0 Å². The summed E-state index contributed by atoms with van der Waals surface area (Å²) in [6, 6.07) is 8.37. The van der Waals surface area contributed by atoms with Crippen molar-refractivity contribution >= 4 is 45.6 Å². The van der Waals surface area contributed by atoms with Crippen LogP contribution in [0.1, 0.15) is 103 Å². The SMILES string of the molecule is C=CC(N)=O.CCCCCCCCCCCCCCCCCOS(=O)(=O)c1ccccc1.[NaH]. The Morgan fingerprint density at radius 1 is 0.818 bits per heavy atom. The van der Waals surface area contributed by atoms with Crippen molar-refractivity contribution in [3.8, 4) is 0 Å². The Kier molecular flexibility index (Phi) is 25.6. The molecule has 5 nitrogen and oxygen atoms in total. The molecule has 0 aromatic heterocycles. The molecule has 0 saturated carbocycles. The van der Waals surface area contributed by atoms with Crippen LogP contribution >= 0.6 is 0 Å². The second-order valence-corrected chi connectivity index (χ2v) is 9.76. The van der Waals surface area contributed by atoms with E-state index >= 15 is 0 Å². The summed E-state index contributed by atoms with van der Waals surface area (Å²) < 4.78 is 29.0. The molecule has 0 unspecified atom stereocenters. The molecule has 0 saturated heterocycles. The summed E-state index contributed by atoms with van der Waals surface area (Å²) in [5, 5.41) is 0. The van der Waals surface area contributed by atoms with Crippen molar-refractivity contribution in [1.29, 1.82) is 0 Å². The number of nitrogens with two attached hydrogens (primary N) is 1. The van der Waals surface area contributed by atoms with Crippen LogP contribution in [0.2, 0.25) is 0 Å². The van der Waals surface area contributed by atoms with Gasteiger partial charge in [-0.3, -0.25) is 8.98 Å². The molecule has 2 N–H and O–H groups in total. The van der Waals surface area contributed by atoms with Gasteiger partial charge in [-0.05, 0) is 24.6 Å². The molecule has 0 bridgehead atoms. The average Bonchev–Trinajstić information content (AvgIpc) is 2.79. The van der Waals surface area contributed by atoms with E-state index in [4.69, 9.17) is 4.18 Å². The van der Waals surface area contributed by atoms with Gasteiger partial charge >= 0.3 is 29.6 Å². The molecule has 33 heavy (non-hydrogen) atoms. The first-order valence-electron chi connectivity index (χ1n) is 12.3. The van der Waals surface area contributed by atoms with E-state index in [1.807, 2.05) is 0 Å². The Morgan fingerprint density at radius 2 is 1.18 bits per heavy atom. The zero-order valence-corrected chi connectivity index (χ0v) is 20.9. The first-order valence-corrected chi connectivity index (χ1v) is 13.7. The monoisotopic (exact) mass is 491 g/mol. The van der Waals surface area contributed by atoms with Gasteiger partial charge in [-0.25, -0.2) is 0 Å². The summed E-state index contributed by atoms with van der Waals surface area (Å²) in [6.45, 7) is 5.64. The number of carbonyl (C=O) groups excluding carboxylic acids is 1. The molecule has 0 radical (unpaired) electrons. The molecule has 1 rings (SSSR count). The molecule has 186 valence electrons. The van der Waals surface area contributed by atoms with Crippen molar-refractivity contribution < 1.29 is 17.4 Å². The van der Waals surface area contributed by atoms with E-state index < -0.39 is 16.0 Å². The predicted octanol–water partition coefficient (Wildman–Crippen LogP) is 6.27. The molecule has 0 spiro atoms. The predicted molar refractivity (Wildman–Crippen MR) is 141 cm³/mol. The van der Waals surface area contributed by atoms with Crippen LogP contribution in [0.25, 0.3) is 0 Å². The maximum absolute atomic E-state index is 12.0. The van der Waals surface area contributed by atoms with Gasteiger partial charge in [-0.2, -0.15) is 8.42 Å². The zero-order chi connectivity index (χ0) is 23.9. The molecule has 0 aliphatic carbocycles. The van der Waals surface area contributed by atoms with E-state index in [-0.39, 0.29) is 41.1 Å². The molecule has 0 atom stereocenters. The second-order valence-electron chi connectivity index (χ2n) is 8.15. The molecule has 1 aromatic carbocycles. The Hall–Kier alpha value is -0.660. The minimum absolute atomic E-state index is 0. The fourth-order valence-electron chi connectivity index (χ4n) is 3.30. The van der Waals surface area contributed by atoms with Crippen LogP contribution in [0.3, 0.4) is 0 Å². The fraction of sp³-hybridized carbons (Fsp3) is 0.654. The summed E-state index contributed by atoms with van der Waals surface area (Å²) in [4.78, 5) is 9.71. The van der Waals surface area contributed by atoms with E-state index in [1.165, 1.54) is 83.5 Å². The van der Waals surface area contributed by atoms with Gasteiger partial charge in [-0.1, -0.05) is 122 Å². The van der Waals surface area contributed by atoms with Crippen LogP contribution in [-0.4, -0.2) is 50.5 Å². The number of hydrogen-bond acceptors (Lipinski definition) is 4. The second kappa shape index (κ2) is 24.5. The van der Waals surface area contributed by atoms with Crippen molar-refractivity contribution in [2.75, 3.05) is 6.61 Å². The van der Waals surface area contributed by atoms with E-state index in [9.17, 15) is 13.2 Å². The number of benzene rings is 1. The standard InChI is InChI=1S/C23H40O3S.C3H5NO.Na.H/c1-2-3-4-5-6-7-8-9-10-11-12-13-14-15-19-22-26-27(24,25)23-20-17-16-18-21-23;1-2-3(4)5;;/h16-18,20-21H,2-15,19,22H2,1H3;2H,1H2,(H2,4,5);;.